The lowest BCUT2D eigenvalue weighted by atomic mass is 10.2. The Morgan fingerprint density at radius 1 is 0.778 bits per heavy atom. The number of hydrogen-bond donors (Lipinski definition) is 4. The zero-order valence-corrected chi connectivity index (χ0v) is 19.0. The van der Waals surface area contributed by atoms with Crippen LogP contribution in [0.2, 0.25) is 0 Å². The van der Waals surface area contributed by atoms with Crippen molar-refractivity contribution in [2.75, 3.05) is 27.4 Å². The van der Waals surface area contributed by atoms with Crippen molar-refractivity contribution in [3.05, 3.63) is 65.3 Å². The molecule has 2 amide bonds. The van der Waals surface area contributed by atoms with Gasteiger partial charge in [0.05, 0.1) is 27.4 Å². The number of hydrogen-bond acceptors (Lipinski definition) is 13. The van der Waals surface area contributed by atoms with E-state index < -0.39 is 49.1 Å². The topological polar surface area (TPSA) is 216 Å². The minimum absolute atomic E-state index is 0.150. The predicted molar refractivity (Wildman–Crippen MR) is 115 cm³/mol. The van der Waals surface area contributed by atoms with E-state index in [1.54, 1.807) is 0 Å². The van der Waals surface area contributed by atoms with Crippen LogP contribution in [0.5, 0.6) is 0 Å². The molecule has 0 radical (unpaired) electrons. The molecule has 15 heteroatoms. The Morgan fingerprint density at radius 2 is 1.19 bits per heavy atom. The monoisotopic (exact) mass is 503 g/mol. The number of pyridine rings is 1. The Balaban J connectivity index is 1.70. The number of amides is 2. The van der Waals surface area contributed by atoms with E-state index in [0.717, 1.165) is 26.7 Å². The summed E-state index contributed by atoms with van der Waals surface area (Å²) < 4.78 is 19.3. The molecule has 3 rings (SSSR count). The molecule has 3 aromatic heterocycles. The second-order valence-electron chi connectivity index (χ2n) is 6.95. The van der Waals surface area contributed by atoms with Crippen LogP contribution in [0.15, 0.2) is 39.6 Å². The van der Waals surface area contributed by atoms with Crippen molar-refractivity contribution in [3.63, 3.8) is 0 Å². The zero-order valence-electron chi connectivity index (χ0n) is 19.0. The molecule has 4 N–H and O–H groups in total. The number of ether oxygens (including phenoxy) is 2. The number of methoxy groups -OCH3 is 2. The van der Waals surface area contributed by atoms with Crippen LogP contribution in [0, 0.1) is 0 Å². The SMILES string of the molecule is COC(=O)c1coc(C(CO)NC(=O)c2cccc(C(=O)NC(CO)c3nc(C(=O)OC)co3)n2)n1. The van der Waals surface area contributed by atoms with Gasteiger partial charge in [0.1, 0.15) is 36.0 Å². The summed E-state index contributed by atoms with van der Waals surface area (Å²) in [6, 6.07) is 1.78. The van der Waals surface area contributed by atoms with E-state index in [2.05, 4.69) is 35.1 Å². The van der Waals surface area contributed by atoms with Crippen molar-refractivity contribution in [3.8, 4) is 0 Å². The maximum Gasteiger partial charge on any atom is 0.360 e. The van der Waals surface area contributed by atoms with Crippen LogP contribution in [0.4, 0.5) is 0 Å². The molecule has 0 saturated heterocycles. The number of esters is 2. The minimum atomic E-state index is -1.12. The van der Waals surface area contributed by atoms with Gasteiger partial charge in [-0.1, -0.05) is 6.07 Å². The van der Waals surface area contributed by atoms with Crippen LogP contribution < -0.4 is 10.6 Å². The van der Waals surface area contributed by atoms with Crippen LogP contribution >= 0.6 is 0 Å². The van der Waals surface area contributed by atoms with E-state index in [1.165, 1.54) is 18.2 Å². The highest BCUT2D eigenvalue weighted by molar-refractivity contribution is 5.96. The van der Waals surface area contributed by atoms with Gasteiger partial charge in [0.2, 0.25) is 11.8 Å². The molecule has 0 spiro atoms. The number of aliphatic hydroxyl groups is 2. The summed E-state index contributed by atoms with van der Waals surface area (Å²) in [5.41, 5.74) is -0.684. The second kappa shape index (κ2) is 11.7. The van der Waals surface area contributed by atoms with Crippen molar-refractivity contribution in [1.29, 1.82) is 0 Å². The van der Waals surface area contributed by atoms with Gasteiger partial charge in [0.25, 0.3) is 11.8 Å². The summed E-state index contributed by atoms with van der Waals surface area (Å²) in [6.07, 6.45) is 2.03. The van der Waals surface area contributed by atoms with Crippen LogP contribution in [0.25, 0.3) is 0 Å². The fourth-order valence-corrected chi connectivity index (χ4v) is 2.81. The molecule has 2 atom stereocenters. The van der Waals surface area contributed by atoms with Gasteiger partial charge < -0.3 is 39.2 Å². The van der Waals surface area contributed by atoms with Crippen molar-refractivity contribution < 1.29 is 47.7 Å². The zero-order chi connectivity index (χ0) is 26.2. The highest BCUT2D eigenvalue weighted by Gasteiger charge is 2.25. The fourth-order valence-electron chi connectivity index (χ4n) is 2.81. The number of oxazole rings is 2. The molecule has 190 valence electrons. The fraction of sp³-hybridized carbons (Fsp3) is 0.286. The molecular weight excluding hydrogens is 482 g/mol. The van der Waals surface area contributed by atoms with Gasteiger partial charge in [-0.2, -0.15) is 0 Å². The molecule has 2 unspecified atom stereocenters. The first-order valence-corrected chi connectivity index (χ1v) is 10.2. The lowest BCUT2D eigenvalue weighted by Gasteiger charge is -2.14. The molecule has 0 fully saturated rings. The van der Waals surface area contributed by atoms with Gasteiger partial charge in [-0.15, -0.1) is 0 Å². The average Bonchev–Trinajstić information content (AvgIpc) is 3.60. The number of aromatic nitrogens is 3. The number of carbonyl (C=O) groups is 4. The lowest BCUT2D eigenvalue weighted by molar-refractivity contribution is 0.0585. The van der Waals surface area contributed by atoms with Crippen LogP contribution in [-0.4, -0.2) is 76.4 Å². The van der Waals surface area contributed by atoms with Crippen LogP contribution in [0.1, 0.15) is 65.8 Å². The van der Waals surface area contributed by atoms with E-state index in [9.17, 15) is 29.4 Å². The van der Waals surface area contributed by atoms with Gasteiger partial charge in [0, 0.05) is 0 Å². The highest BCUT2D eigenvalue weighted by atomic mass is 16.5. The molecule has 0 saturated carbocycles. The number of carbonyl (C=O) groups excluding carboxylic acids is 4. The molecule has 0 aliphatic rings. The number of rotatable bonds is 10. The first-order chi connectivity index (χ1) is 17.3. The third-order valence-corrected chi connectivity index (χ3v) is 4.62. The molecule has 15 nitrogen and oxygen atoms in total. The third kappa shape index (κ3) is 5.89. The normalized spacial score (nSPS) is 12.3. The maximum atomic E-state index is 12.7. The van der Waals surface area contributed by atoms with E-state index >= 15 is 0 Å². The summed E-state index contributed by atoms with van der Waals surface area (Å²) >= 11 is 0. The maximum absolute atomic E-state index is 12.7. The van der Waals surface area contributed by atoms with E-state index in [4.69, 9.17) is 8.83 Å². The van der Waals surface area contributed by atoms with Crippen LogP contribution in [-0.2, 0) is 9.47 Å². The molecule has 36 heavy (non-hydrogen) atoms. The number of nitrogens with zero attached hydrogens (tertiary/aromatic N) is 3. The molecule has 3 heterocycles. The molecule has 0 aliphatic carbocycles. The summed E-state index contributed by atoms with van der Waals surface area (Å²) in [4.78, 5) is 60.1. The van der Waals surface area contributed by atoms with E-state index in [-0.39, 0.29) is 34.6 Å². The Kier molecular flexibility index (Phi) is 8.43. The van der Waals surface area contributed by atoms with Gasteiger partial charge >= 0.3 is 11.9 Å². The van der Waals surface area contributed by atoms with Crippen molar-refractivity contribution in [2.24, 2.45) is 0 Å². The van der Waals surface area contributed by atoms with E-state index in [0.29, 0.717) is 0 Å². The standard InChI is InChI=1S/C21H21N5O10/c1-33-20(31)14-8-35-18(25-14)12(6-27)23-16(29)10-4-3-5-11(22-10)17(30)24-13(7-28)19-26-15(9-36-19)21(32)34-2/h3-5,8-9,12-13,27-28H,6-7H2,1-2H3,(H,23,29)(H,24,30). The summed E-state index contributed by atoms with van der Waals surface area (Å²) in [5.74, 6) is -3.39. The van der Waals surface area contributed by atoms with Crippen molar-refractivity contribution in [1.82, 2.24) is 25.6 Å². The summed E-state index contributed by atoms with van der Waals surface area (Å²) in [5, 5.41) is 24.1. The predicted octanol–water partition coefficient (Wildman–Crippen LogP) is -0.442. The average molecular weight is 503 g/mol. The second-order valence-corrected chi connectivity index (χ2v) is 6.95. The van der Waals surface area contributed by atoms with Crippen molar-refractivity contribution in [2.45, 2.75) is 12.1 Å². The minimum Gasteiger partial charge on any atom is -0.464 e. The quantitative estimate of drug-likeness (QED) is 0.258. The van der Waals surface area contributed by atoms with E-state index in [1.807, 2.05) is 0 Å². The molecule has 0 aliphatic heterocycles. The lowest BCUT2D eigenvalue weighted by Crippen LogP contribution is -2.34. The summed E-state index contributed by atoms with van der Waals surface area (Å²) in [6.45, 7) is -1.23. The van der Waals surface area contributed by atoms with Crippen LogP contribution in [0.3, 0.4) is 0 Å². The molecule has 0 aromatic carbocycles. The Labute approximate surface area is 202 Å². The van der Waals surface area contributed by atoms with Gasteiger partial charge in [-0.25, -0.2) is 24.5 Å². The smallest absolute Gasteiger partial charge is 0.360 e. The first kappa shape index (κ1) is 26.0. The largest absolute Gasteiger partial charge is 0.464 e. The van der Waals surface area contributed by atoms with Gasteiger partial charge in [-0.05, 0) is 12.1 Å². The number of nitrogens with one attached hydrogen (secondary N) is 2. The van der Waals surface area contributed by atoms with Crippen molar-refractivity contribution >= 4 is 23.8 Å². The molecular formula is C21H21N5O10. The Bertz CT molecular complexity index is 1160. The highest BCUT2D eigenvalue weighted by Crippen LogP contribution is 2.15. The Morgan fingerprint density at radius 3 is 1.56 bits per heavy atom. The molecule has 3 aromatic rings. The van der Waals surface area contributed by atoms with Gasteiger partial charge in [-0.3, -0.25) is 9.59 Å². The van der Waals surface area contributed by atoms with Gasteiger partial charge in [0.15, 0.2) is 11.4 Å². The summed E-state index contributed by atoms with van der Waals surface area (Å²) in [7, 11) is 2.31. The number of aliphatic hydroxyl groups excluding tert-OH is 2. The molecule has 0 bridgehead atoms. The first-order valence-electron chi connectivity index (χ1n) is 10.2. The Hall–Kier alpha value is -4.63. The third-order valence-electron chi connectivity index (χ3n) is 4.62.